The largest absolute Gasteiger partial charge is 0.486 e. The Morgan fingerprint density at radius 1 is 1.18 bits per heavy atom. The average Bonchev–Trinajstić information content (AvgIpc) is 3.25. The summed E-state index contributed by atoms with van der Waals surface area (Å²) in [5.41, 5.74) is 0.338. The molecule has 0 spiro atoms. The van der Waals surface area contributed by atoms with Crippen LogP contribution >= 0.6 is 0 Å². The third-order valence-electron chi connectivity index (χ3n) is 5.49. The number of carbonyl (C=O) groups is 3. The lowest BCUT2D eigenvalue weighted by Gasteiger charge is -2.30. The van der Waals surface area contributed by atoms with Gasteiger partial charge in [-0.1, -0.05) is 6.07 Å². The van der Waals surface area contributed by atoms with Gasteiger partial charge in [0, 0.05) is 26.6 Å². The molecule has 182 valence electrons. The van der Waals surface area contributed by atoms with Crippen molar-refractivity contribution in [2.24, 2.45) is 0 Å². The Kier molecular flexibility index (Phi) is 8.18. The van der Waals surface area contributed by atoms with E-state index in [1.165, 1.54) is 6.92 Å². The number of likely N-dealkylation sites (tertiary alicyclic amines) is 1. The number of fused-ring (bicyclic) bond motifs is 1. The highest BCUT2D eigenvalue weighted by Crippen LogP contribution is 2.30. The van der Waals surface area contributed by atoms with Gasteiger partial charge in [-0.05, 0) is 64.3 Å². The van der Waals surface area contributed by atoms with Gasteiger partial charge >= 0.3 is 6.09 Å². The van der Waals surface area contributed by atoms with E-state index in [0.717, 1.165) is 28.4 Å². The molecule has 1 aromatic carbocycles. The van der Waals surface area contributed by atoms with Crippen LogP contribution in [0.5, 0.6) is 11.5 Å². The van der Waals surface area contributed by atoms with Crippen LogP contribution in [0.25, 0.3) is 0 Å². The third kappa shape index (κ3) is 6.83. The van der Waals surface area contributed by atoms with E-state index in [1.54, 1.807) is 25.7 Å². The number of amides is 3. The molecule has 2 heterocycles. The molecule has 1 fully saturated rings. The highest BCUT2D eigenvalue weighted by molar-refractivity contribution is 5.97. The standard InChI is InChI=1S/C24H35N3O6/c1-17(28)26-11-5-7-19(26)22(29)27(23(30)33-24(2,3)4)12-6-10-25-16-18-8-9-20-21(15-18)32-14-13-31-20/h8-9,15,19,25H,5-7,10-14,16H2,1-4H3. The Bertz CT molecular complexity index is 866. The smallest absolute Gasteiger partial charge is 0.417 e. The third-order valence-corrected chi connectivity index (χ3v) is 5.49. The minimum Gasteiger partial charge on any atom is -0.486 e. The number of rotatable bonds is 7. The number of benzene rings is 1. The zero-order chi connectivity index (χ0) is 24.0. The molecular weight excluding hydrogens is 426 g/mol. The molecule has 0 aromatic heterocycles. The fourth-order valence-electron chi connectivity index (χ4n) is 3.98. The summed E-state index contributed by atoms with van der Waals surface area (Å²) in [5, 5.41) is 3.34. The van der Waals surface area contributed by atoms with E-state index in [4.69, 9.17) is 14.2 Å². The summed E-state index contributed by atoms with van der Waals surface area (Å²) >= 11 is 0. The topological polar surface area (TPSA) is 97.4 Å². The lowest BCUT2D eigenvalue weighted by Crippen LogP contribution is -2.51. The van der Waals surface area contributed by atoms with Crippen LogP contribution in [-0.2, 0) is 20.9 Å². The predicted octanol–water partition coefficient (Wildman–Crippen LogP) is 2.71. The van der Waals surface area contributed by atoms with Gasteiger partial charge in [-0.15, -0.1) is 0 Å². The average molecular weight is 462 g/mol. The first kappa shape index (κ1) is 24.8. The highest BCUT2D eigenvalue weighted by Gasteiger charge is 2.38. The second-order valence-corrected chi connectivity index (χ2v) is 9.35. The van der Waals surface area contributed by atoms with Crippen LogP contribution in [0.3, 0.4) is 0 Å². The lowest BCUT2D eigenvalue weighted by molar-refractivity contribution is -0.142. The van der Waals surface area contributed by atoms with Gasteiger partial charge in [-0.2, -0.15) is 0 Å². The van der Waals surface area contributed by atoms with Gasteiger partial charge in [-0.25, -0.2) is 9.69 Å². The molecule has 0 bridgehead atoms. The van der Waals surface area contributed by atoms with Crippen LogP contribution in [0.4, 0.5) is 4.79 Å². The second kappa shape index (κ2) is 10.9. The summed E-state index contributed by atoms with van der Waals surface area (Å²) < 4.78 is 16.6. The number of hydrogen-bond acceptors (Lipinski definition) is 7. The molecule has 3 rings (SSSR count). The Morgan fingerprint density at radius 3 is 2.61 bits per heavy atom. The van der Waals surface area contributed by atoms with Crippen molar-refractivity contribution in [1.82, 2.24) is 15.1 Å². The van der Waals surface area contributed by atoms with Gasteiger partial charge in [0.05, 0.1) is 0 Å². The van der Waals surface area contributed by atoms with E-state index in [-0.39, 0.29) is 18.4 Å². The maximum atomic E-state index is 13.2. The van der Waals surface area contributed by atoms with Gasteiger partial charge in [0.2, 0.25) is 5.91 Å². The van der Waals surface area contributed by atoms with Crippen LogP contribution in [0.2, 0.25) is 0 Å². The van der Waals surface area contributed by atoms with Crippen molar-refractivity contribution in [2.45, 2.75) is 65.1 Å². The molecule has 0 aliphatic carbocycles. The molecule has 0 radical (unpaired) electrons. The van der Waals surface area contributed by atoms with E-state index >= 15 is 0 Å². The van der Waals surface area contributed by atoms with Crippen molar-refractivity contribution in [1.29, 1.82) is 0 Å². The van der Waals surface area contributed by atoms with Crippen molar-refractivity contribution in [2.75, 3.05) is 32.8 Å². The molecule has 1 unspecified atom stereocenters. The highest BCUT2D eigenvalue weighted by atomic mass is 16.6. The fourth-order valence-corrected chi connectivity index (χ4v) is 3.98. The van der Waals surface area contributed by atoms with Crippen LogP contribution < -0.4 is 14.8 Å². The van der Waals surface area contributed by atoms with E-state index in [1.807, 2.05) is 18.2 Å². The molecule has 1 aromatic rings. The SMILES string of the molecule is CC(=O)N1CCCC1C(=O)N(CCCNCc1ccc2c(c1)OCCO2)C(=O)OC(C)(C)C. The first-order valence-electron chi connectivity index (χ1n) is 11.6. The molecule has 9 heteroatoms. The van der Waals surface area contributed by atoms with Gasteiger partial charge in [0.15, 0.2) is 11.5 Å². The molecular formula is C24H35N3O6. The number of hydrogen-bond donors (Lipinski definition) is 1. The van der Waals surface area contributed by atoms with Crippen LogP contribution in [-0.4, -0.2) is 72.2 Å². The van der Waals surface area contributed by atoms with Gasteiger partial charge < -0.3 is 24.4 Å². The zero-order valence-electron chi connectivity index (χ0n) is 20.0. The number of ether oxygens (including phenoxy) is 3. The van der Waals surface area contributed by atoms with E-state index in [2.05, 4.69) is 5.32 Å². The summed E-state index contributed by atoms with van der Waals surface area (Å²) in [7, 11) is 0. The number of carbonyl (C=O) groups excluding carboxylic acids is 3. The van der Waals surface area contributed by atoms with Crippen molar-refractivity contribution < 1.29 is 28.6 Å². The number of nitrogens with zero attached hydrogens (tertiary/aromatic N) is 2. The Morgan fingerprint density at radius 2 is 1.91 bits per heavy atom. The van der Waals surface area contributed by atoms with Gasteiger partial charge in [0.1, 0.15) is 24.9 Å². The minimum atomic E-state index is -0.720. The van der Waals surface area contributed by atoms with E-state index in [0.29, 0.717) is 45.7 Å². The summed E-state index contributed by atoms with van der Waals surface area (Å²) in [6.07, 6.45) is 1.19. The fraction of sp³-hybridized carbons (Fsp3) is 0.625. The summed E-state index contributed by atoms with van der Waals surface area (Å²) in [6.45, 7) is 9.81. The summed E-state index contributed by atoms with van der Waals surface area (Å²) in [6, 6.07) is 5.22. The predicted molar refractivity (Wildman–Crippen MR) is 122 cm³/mol. The van der Waals surface area contributed by atoms with E-state index < -0.39 is 17.7 Å². The molecule has 0 saturated carbocycles. The van der Waals surface area contributed by atoms with Crippen molar-refractivity contribution >= 4 is 17.9 Å². The molecule has 1 N–H and O–H groups in total. The molecule has 2 aliphatic rings. The zero-order valence-corrected chi connectivity index (χ0v) is 20.0. The van der Waals surface area contributed by atoms with Gasteiger partial charge in [0.25, 0.3) is 5.91 Å². The normalized spacial score (nSPS) is 17.6. The molecule has 1 atom stereocenters. The van der Waals surface area contributed by atoms with Crippen LogP contribution in [0.15, 0.2) is 18.2 Å². The summed E-state index contributed by atoms with van der Waals surface area (Å²) in [5.74, 6) is 0.969. The Labute approximate surface area is 195 Å². The van der Waals surface area contributed by atoms with Crippen molar-refractivity contribution in [3.8, 4) is 11.5 Å². The monoisotopic (exact) mass is 461 g/mol. The molecule has 9 nitrogen and oxygen atoms in total. The lowest BCUT2D eigenvalue weighted by atomic mass is 10.1. The summed E-state index contributed by atoms with van der Waals surface area (Å²) in [4.78, 5) is 40.6. The maximum Gasteiger partial charge on any atom is 0.417 e. The van der Waals surface area contributed by atoms with Gasteiger partial charge in [-0.3, -0.25) is 9.59 Å². The quantitative estimate of drug-likeness (QED) is 0.624. The molecule has 3 amide bonds. The number of imide groups is 1. The molecule has 2 aliphatic heterocycles. The van der Waals surface area contributed by atoms with Crippen molar-refractivity contribution in [3.05, 3.63) is 23.8 Å². The first-order valence-corrected chi connectivity index (χ1v) is 11.6. The maximum absolute atomic E-state index is 13.2. The Hall–Kier alpha value is -2.81. The molecule has 33 heavy (non-hydrogen) atoms. The first-order chi connectivity index (χ1) is 15.7. The van der Waals surface area contributed by atoms with Crippen LogP contribution in [0.1, 0.15) is 52.5 Å². The second-order valence-electron chi connectivity index (χ2n) is 9.35. The minimum absolute atomic E-state index is 0.156. The van der Waals surface area contributed by atoms with Crippen molar-refractivity contribution in [3.63, 3.8) is 0 Å². The van der Waals surface area contributed by atoms with Crippen LogP contribution in [0, 0.1) is 0 Å². The van der Waals surface area contributed by atoms with E-state index in [9.17, 15) is 14.4 Å². The molecule has 1 saturated heterocycles. The Balaban J connectivity index is 1.55. The number of nitrogens with one attached hydrogen (secondary N) is 1.